The molecule has 0 saturated carbocycles. The summed E-state index contributed by atoms with van der Waals surface area (Å²) in [4.78, 5) is 23.9. The van der Waals surface area contributed by atoms with Crippen LogP contribution in [0.25, 0.3) is 0 Å². The van der Waals surface area contributed by atoms with Gasteiger partial charge in [0.25, 0.3) is 0 Å². The van der Waals surface area contributed by atoms with Crippen molar-refractivity contribution < 1.29 is 19.1 Å². The minimum atomic E-state index is -0.842. The Kier molecular flexibility index (Phi) is 6.97. The lowest BCUT2D eigenvalue weighted by Crippen LogP contribution is -2.49. The van der Waals surface area contributed by atoms with Crippen molar-refractivity contribution >= 4 is 11.9 Å². The summed E-state index contributed by atoms with van der Waals surface area (Å²) in [6, 6.07) is 8.76. The monoisotopic (exact) mass is 319 g/mol. The Balaban J connectivity index is 2.67. The van der Waals surface area contributed by atoms with Gasteiger partial charge in [0.05, 0.1) is 12.7 Å². The molecule has 23 heavy (non-hydrogen) atoms. The SMILES string of the molecule is C=CC(=O)[C@H](NC(=O)OC(C)(C)C)[C@H](C)OCc1ccccc1. The first-order valence-corrected chi connectivity index (χ1v) is 7.54. The van der Waals surface area contributed by atoms with Gasteiger partial charge in [-0.3, -0.25) is 4.79 Å². The van der Waals surface area contributed by atoms with Crippen LogP contribution in [0.3, 0.4) is 0 Å². The highest BCUT2D eigenvalue weighted by atomic mass is 16.6. The average molecular weight is 319 g/mol. The Morgan fingerprint density at radius 3 is 2.39 bits per heavy atom. The fourth-order valence-corrected chi connectivity index (χ4v) is 1.88. The van der Waals surface area contributed by atoms with Gasteiger partial charge in [0, 0.05) is 0 Å². The Labute approximate surface area is 137 Å². The van der Waals surface area contributed by atoms with Crippen LogP contribution in [-0.2, 0) is 20.9 Å². The van der Waals surface area contributed by atoms with E-state index in [-0.39, 0.29) is 5.78 Å². The zero-order valence-electron chi connectivity index (χ0n) is 14.2. The van der Waals surface area contributed by atoms with Crippen molar-refractivity contribution in [3.05, 3.63) is 48.6 Å². The number of rotatable bonds is 7. The number of nitrogens with one attached hydrogen (secondary N) is 1. The lowest BCUT2D eigenvalue weighted by Gasteiger charge is -2.26. The second-order valence-electron chi connectivity index (χ2n) is 6.23. The molecule has 0 fully saturated rings. The molecule has 1 aromatic carbocycles. The van der Waals surface area contributed by atoms with Gasteiger partial charge in [-0.1, -0.05) is 36.9 Å². The Hall–Kier alpha value is -2.14. The number of alkyl carbamates (subject to hydrolysis) is 1. The molecular weight excluding hydrogens is 294 g/mol. The van der Waals surface area contributed by atoms with Crippen LogP contribution in [0, 0.1) is 0 Å². The van der Waals surface area contributed by atoms with Crippen LogP contribution in [-0.4, -0.2) is 29.6 Å². The van der Waals surface area contributed by atoms with E-state index in [0.717, 1.165) is 5.56 Å². The van der Waals surface area contributed by atoms with E-state index in [2.05, 4.69) is 11.9 Å². The van der Waals surface area contributed by atoms with Crippen molar-refractivity contribution in [3.8, 4) is 0 Å². The summed E-state index contributed by atoms with van der Waals surface area (Å²) in [7, 11) is 0. The molecule has 0 saturated heterocycles. The zero-order chi connectivity index (χ0) is 17.5. The van der Waals surface area contributed by atoms with Crippen molar-refractivity contribution in [3.63, 3.8) is 0 Å². The fourth-order valence-electron chi connectivity index (χ4n) is 1.88. The Morgan fingerprint density at radius 2 is 1.87 bits per heavy atom. The van der Waals surface area contributed by atoms with Crippen LogP contribution in [0.1, 0.15) is 33.3 Å². The van der Waals surface area contributed by atoms with E-state index < -0.39 is 23.8 Å². The Bertz CT molecular complexity index is 534. The highest BCUT2D eigenvalue weighted by molar-refractivity contribution is 5.96. The molecule has 5 heteroatoms. The number of ketones is 1. The molecular formula is C18H25NO4. The number of ether oxygens (including phenoxy) is 2. The number of benzene rings is 1. The molecule has 1 N–H and O–H groups in total. The molecule has 0 aliphatic rings. The van der Waals surface area contributed by atoms with Gasteiger partial charge in [-0.2, -0.15) is 0 Å². The number of carbonyl (C=O) groups is 2. The zero-order valence-corrected chi connectivity index (χ0v) is 14.2. The van der Waals surface area contributed by atoms with Crippen LogP contribution in [0.15, 0.2) is 43.0 Å². The van der Waals surface area contributed by atoms with E-state index >= 15 is 0 Å². The average Bonchev–Trinajstić information content (AvgIpc) is 2.49. The normalized spacial score (nSPS) is 13.7. The molecule has 0 aliphatic heterocycles. The van der Waals surface area contributed by atoms with Crippen LogP contribution in [0.2, 0.25) is 0 Å². The van der Waals surface area contributed by atoms with Gasteiger partial charge in [0.1, 0.15) is 11.6 Å². The number of hydrogen-bond acceptors (Lipinski definition) is 4. The van der Waals surface area contributed by atoms with Crippen molar-refractivity contribution in [2.45, 2.75) is 52.0 Å². The Morgan fingerprint density at radius 1 is 1.26 bits per heavy atom. The first-order chi connectivity index (χ1) is 10.7. The van der Waals surface area contributed by atoms with Crippen molar-refractivity contribution in [2.75, 3.05) is 0 Å². The summed E-state index contributed by atoms with van der Waals surface area (Å²) < 4.78 is 10.9. The van der Waals surface area contributed by atoms with E-state index in [1.807, 2.05) is 30.3 Å². The first kappa shape index (κ1) is 18.9. The van der Waals surface area contributed by atoms with Gasteiger partial charge in [0.15, 0.2) is 5.78 Å². The van der Waals surface area contributed by atoms with Gasteiger partial charge >= 0.3 is 6.09 Å². The van der Waals surface area contributed by atoms with Crippen LogP contribution < -0.4 is 5.32 Å². The van der Waals surface area contributed by atoms with Crippen molar-refractivity contribution in [1.29, 1.82) is 0 Å². The molecule has 0 radical (unpaired) electrons. The third-order valence-corrected chi connectivity index (χ3v) is 3.01. The maximum atomic E-state index is 12.0. The highest BCUT2D eigenvalue weighted by Gasteiger charge is 2.28. The smallest absolute Gasteiger partial charge is 0.408 e. The van der Waals surface area contributed by atoms with E-state index in [1.54, 1.807) is 27.7 Å². The van der Waals surface area contributed by atoms with E-state index in [0.29, 0.717) is 6.61 Å². The van der Waals surface area contributed by atoms with Crippen LogP contribution >= 0.6 is 0 Å². The molecule has 0 aliphatic carbocycles. The lowest BCUT2D eigenvalue weighted by atomic mass is 10.1. The first-order valence-electron chi connectivity index (χ1n) is 7.54. The summed E-state index contributed by atoms with van der Waals surface area (Å²) in [6.45, 7) is 10.8. The molecule has 0 heterocycles. The third kappa shape index (κ3) is 7.10. The second-order valence-corrected chi connectivity index (χ2v) is 6.23. The number of hydrogen-bond donors (Lipinski definition) is 1. The maximum absolute atomic E-state index is 12.0. The summed E-state index contributed by atoms with van der Waals surface area (Å²) in [5, 5.41) is 2.55. The number of carbonyl (C=O) groups excluding carboxylic acids is 2. The van der Waals surface area contributed by atoms with Gasteiger partial charge in [-0.25, -0.2) is 4.79 Å². The van der Waals surface area contributed by atoms with E-state index in [9.17, 15) is 9.59 Å². The molecule has 1 aromatic rings. The molecule has 5 nitrogen and oxygen atoms in total. The van der Waals surface area contributed by atoms with Crippen molar-refractivity contribution in [1.82, 2.24) is 5.32 Å². The third-order valence-electron chi connectivity index (χ3n) is 3.01. The van der Waals surface area contributed by atoms with Gasteiger partial charge in [-0.05, 0) is 39.3 Å². The minimum Gasteiger partial charge on any atom is -0.444 e. The summed E-state index contributed by atoms with van der Waals surface area (Å²) in [5.41, 5.74) is 0.349. The molecule has 0 unspecified atom stereocenters. The van der Waals surface area contributed by atoms with Crippen LogP contribution in [0.5, 0.6) is 0 Å². The predicted octanol–water partition coefficient (Wildman–Crippen LogP) is 3.24. The van der Waals surface area contributed by atoms with Gasteiger partial charge < -0.3 is 14.8 Å². The van der Waals surface area contributed by atoms with Crippen molar-refractivity contribution in [2.24, 2.45) is 0 Å². The maximum Gasteiger partial charge on any atom is 0.408 e. The largest absolute Gasteiger partial charge is 0.444 e. The van der Waals surface area contributed by atoms with Crippen LogP contribution in [0.4, 0.5) is 4.79 Å². The van der Waals surface area contributed by atoms with Gasteiger partial charge in [0.2, 0.25) is 0 Å². The summed E-state index contributed by atoms with van der Waals surface area (Å²) in [6.07, 6.45) is -0.00851. The lowest BCUT2D eigenvalue weighted by molar-refractivity contribution is -0.120. The topological polar surface area (TPSA) is 64.6 Å². The minimum absolute atomic E-state index is 0.323. The standard InChI is InChI=1S/C18H25NO4/c1-6-15(20)16(19-17(21)23-18(3,4)5)13(2)22-12-14-10-8-7-9-11-14/h6-11,13,16H,1,12H2,2-5H3,(H,19,21)/t13-,16+/m0/s1. The molecule has 1 rings (SSSR count). The van der Waals surface area contributed by atoms with Gasteiger partial charge in [-0.15, -0.1) is 0 Å². The molecule has 1 amide bonds. The quantitative estimate of drug-likeness (QED) is 0.784. The summed E-state index contributed by atoms with van der Waals surface area (Å²) >= 11 is 0. The molecule has 0 spiro atoms. The fraction of sp³-hybridized carbons (Fsp3) is 0.444. The summed E-state index contributed by atoms with van der Waals surface area (Å²) in [5.74, 6) is -0.323. The van der Waals surface area contributed by atoms with E-state index in [4.69, 9.17) is 9.47 Å². The van der Waals surface area contributed by atoms with E-state index in [1.165, 1.54) is 6.08 Å². The second kappa shape index (κ2) is 8.48. The highest BCUT2D eigenvalue weighted by Crippen LogP contribution is 2.10. The molecule has 0 aromatic heterocycles. The molecule has 126 valence electrons. The number of amides is 1. The molecule has 2 atom stereocenters. The predicted molar refractivity (Wildman–Crippen MR) is 89.1 cm³/mol. The molecule has 0 bridgehead atoms.